The van der Waals surface area contributed by atoms with Gasteiger partial charge >= 0.3 is 6.03 Å². The lowest BCUT2D eigenvalue weighted by Crippen LogP contribution is -2.44. The molecule has 2 amide bonds. The van der Waals surface area contributed by atoms with Gasteiger partial charge in [-0.2, -0.15) is 0 Å². The standard InChI is InChI=1S/C16H25N3O3/c1-13-4-3-7-19(12-13)16(20)18-11-14-5-6-15(17-10-14)22-9-8-21-2/h5-6,10,13H,3-4,7-9,11-12H2,1-2H3,(H,18,20)/t13-/m0/s1. The Bertz CT molecular complexity index is 464. The van der Waals surface area contributed by atoms with Crippen LogP contribution in [0.4, 0.5) is 4.79 Å². The van der Waals surface area contributed by atoms with E-state index in [9.17, 15) is 4.79 Å². The van der Waals surface area contributed by atoms with E-state index >= 15 is 0 Å². The van der Waals surface area contributed by atoms with E-state index in [1.165, 1.54) is 6.42 Å². The van der Waals surface area contributed by atoms with E-state index in [-0.39, 0.29) is 6.03 Å². The Kier molecular flexibility index (Phi) is 6.45. The summed E-state index contributed by atoms with van der Waals surface area (Å²) in [5.41, 5.74) is 0.956. The number of carbonyl (C=O) groups excluding carboxylic acids is 1. The summed E-state index contributed by atoms with van der Waals surface area (Å²) < 4.78 is 10.3. The molecular weight excluding hydrogens is 282 g/mol. The molecule has 1 aliphatic rings. The second-order valence-corrected chi connectivity index (χ2v) is 5.70. The van der Waals surface area contributed by atoms with Crippen molar-refractivity contribution in [3.05, 3.63) is 23.9 Å². The Morgan fingerprint density at radius 1 is 1.45 bits per heavy atom. The highest BCUT2D eigenvalue weighted by Gasteiger charge is 2.20. The molecule has 6 heteroatoms. The third-order valence-corrected chi connectivity index (χ3v) is 3.72. The number of nitrogens with one attached hydrogen (secondary N) is 1. The minimum Gasteiger partial charge on any atom is -0.475 e. The highest BCUT2D eigenvalue weighted by Crippen LogP contribution is 2.15. The number of aromatic nitrogens is 1. The van der Waals surface area contributed by atoms with Gasteiger partial charge in [0.25, 0.3) is 0 Å². The van der Waals surface area contributed by atoms with Crippen molar-refractivity contribution in [2.45, 2.75) is 26.3 Å². The number of hydrogen-bond donors (Lipinski definition) is 1. The van der Waals surface area contributed by atoms with Crippen LogP contribution in [0.2, 0.25) is 0 Å². The minimum atomic E-state index is 0.00645. The van der Waals surface area contributed by atoms with Crippen LogP contribution in [0.25, 0.3) is 0 Å². The summed E-state index contributed by atoms with van der Waals surface area (Å²) in [6.07, 6.45) is 4.02. The molecular formula is C16H25N3O3. The number of likely N-dealkylation sites (tertiary alicyclic amines) is 1. The van der Waals surface area contributed by atoms with E-state index in [4.69, 9.17) is 9.47 Å². The normalized spacial score (nSPS) is 18.1. The molecule has 122 valence electrons. The number of nitrogens with zero attached hydrogens (tertiary/aromatic N) is 2. The van der Waals surface area contributed by atoms with Crippen LogP contribution in [0.15, 0.2) is 18.3 Å². The number of piperidine rings is 1. The number of ether oxygens (including phenoxy) is 2. The Balaban J connectivity index is 1.75. The summed E-state index contributed by atoms with van der Waals surface area (Å²) in [5.74, 6) is 1.15. The van der Waals surface area contributed by atoms with Gasteiger partial charge in [-0.3, -0.25) is 0 Å². The quantitative estimate of drug-likeness (QED) is 0.817. The van der Waals surface area contributed by atoms with Crippen LogP contribution in [0, 0.1) is 5.92 Å². The zero-order chi connectivity index (χ0) is 15.8. The monoisotopic (exact) mass is 307 g/mol. The molecule has 1 aromatic heterocycles. The number of amides is 2. The van der Waals surface area contributed by atoms with Crippen molar-refractivity contribution in [1.29, 1.82) is 0 Å². The molecule has 0 spiro atoms. The van der Waals surface area contributed by atoms with Crippen LogP contribution < -0.4 is 10.1 Å². The Morgan fingerprint density at radius 3 is 3.00 bits per heavy atom. The summed E-state index contributed by atoms with van der Waals surface area (Å²) in [7, 11) is 1.63. The molecule has 1 atom stereocenters. The molecule has 22 heavy (non-hydrogen) atoms. The predicted octanol–water partition coefficient (Wildman–Crippen LogP) is 2.05. The van der Waals surface area contributed by atoms with E-state index in [2.05, 4.69) is 17.2 Å². The Labute approximate surface area is 131 Å². The van der Waals surface area contributed by atoms with Crippen molar-refractivity contribution in [2.75, 3.05) is 33.4 Å². The molecule has 0 aliphatic carbocycles. The summed E-state index contributed by atoms with van der Waals surface area (Å²) in [4.78, 5) is 18.2. The van der Waals surface area contributed by atoms with Crippen molar-refractivity contribution in [3.63, 3.8) is 0 Å². The van der Waals surface area contributed by atoms with Crippen molar-refractivity contribution in [3.8, 4) is 5.88 Å². The number of hydrogen-bond acceptors (Lipinski definition) is 4. The maximum atomic E-state index is 12.1. The molecule has 1 fully saturated rings. The van der Waals surface area contributed by atoms with E-state index in [1.54, 1.807) is 19.4 Å². The Hall–Kier alpha value is -1.82. The van der Waals surface area contributed by atoms with Crippen molar-refractivity contribution >= 4 is 6.03 Å². The number of rotatable bonds is 6. The highest BCUT2D eigenvalue weighted by molar-refractivity contribution is 5.74. The van der Waals surface area contributed by atoms with Gasteiger partial charge in [-0.1, -0.05) is 13.0 Å². The molecule has 1 aromatic rings. The van der Waals surface area contributed by atoms with Gasteiger partial charge in [-0.25, -0.2) is 9.78 Å². The summed E-state index contributed by atoms with van der Waals surface area (Å²) >= 11 is 0. The summed E-state index contributed by atoms with van der Waals surface area (Å²) in [6, 6.07) is 3.72. The first kappa shape index (κ1) is 16.5. The highest BCUT2D eigenvalue weighted by atomic mass is 16.5. The molecule has 1 N–H and O–H groups in total. The molecule has 0 radical (unpaired) electrons. The lowest BCUT2D eigenvalue weighted by atomic mass is 10.0. The smallest absolute Gasteiger partial charge is 0.317 e. The molecule has 0 unspecified atom stereocenters. The first-order valence-electron chi connectivity index (χ1n) is 7.78. The number of urea groups is 1. The lowest BCUT2D eigenvalue weighted by Gasteiger charge is -2.30. The van der Waals surface area contributed by atoms with Gasteiger partial charge < -0.3 is 19.7 Å². The number of carbonyl (C=O) groups is 1. The number of pyridine rings is 1. The molecule has 0 saturated carbocycles. The van der Waals surface area contributed by atoms with Crippen LogP contribution in [0.3, 0.4) is 0 Å². The SMILES string of the molecule is COCCOc1ccc(CNC(=O)N2CCC[C@H](C)C2)cn1. The first-order chi connectivity index (χ1) is 10.7. The molecule has 1 aliphatic heterocycles. The number of methoxy groups -OCH3 is 1. The fourth-order valence-corrected chi connectivity index (χ4v) is 2.49. The topological polar surface area (TPSA) is 63.7 Å². The summed E-state index contributed by atoms with van der Waals surface area (Å²) in [5, 5.41) is 2.95. The Morgan fingerprint density at radius 2 is 2.32 bits per heavy atom. The average Bonchev–Trinajstić information content (AvgIpc) is 2.54. The second-order valence-electron chi connectivity index (χ2n) is 5.70. The molecule has 6 nitrogen and oxygen atoms in total. The predicted molar refractivity (Wildman–Crippen MR) is 83.8 cm³/mol. The lowest BCUT2D eigenvalue weighted by molar-refractivity contribution is 0.143. The van der Waals surface area contributed by atoms with Crippen LogP contribution >= 0.6 is 0 Å². The molecule has 2 rings (SSSR count). The van der Waals surface area contributed by atoms with Crippen LogP contribution in [-0.4, -0.2) is 49.3 Å². The van der Waals surface area contributed by atoms with Gasteiger partial charge in [-0.15, -0.1) is 0 Å². The van der Waals surface area contributed by atoms with Crippen LogP contribution in [0.1, 0.15) is 25.3 Å². The third kappa shape index (κ3) is 5.18. The van der Waals surface area contributed by atoms with Gasteiger partial charge in [0, 0.05) is 39.0 Å². The van der Waals surface area contributed by atoms with Gasteiger partial charge in [-0.05, 0) is 24.3 Å². The van der Waals surface area contributed by atoms with E-state index in [0.29, 0.717) is 31.6 Å². The van der Waals surface area contributed by atoms with Gasteiger partial charge in [0.05, 0.1) is 6.61 Å². The zero-order valence-corrected chi connectivity index (χ0v) is 13.4. The molecule has 2 heterocycles. The fourth-order valence-electron chi connectivity index (χ4n) is 2.49. The maximum absolute atomic E-state index is 12.1. The van der Waals surface area contributed by atoms with Crippen LogP contribution in [-0.2, 0) is 11.3 Å². The van der Waals surface area contributed by atoms with Gasteiger partial charge in [0.2, 0.25) is 5.88 Å². The van der Waals surface area contributed by atoms with E-state index in [1.807, 2.05) is 11.0 Å². The van der Waals surface area contributed by atoms with Gasteiger partial charge in [0.15, 0.2) is 0 Å². The van der Waals surface area contributed by atoms with Crippen molar-refractivity contribution < 1.29 is 14.3 Å². The van der Waals surface area contributed by atoms with Crippen molar-refractivity contribution in [2.24, 2.45) is 5.92 Å². The maximum Gasteiger partial charge on any atom is 0.317 e. The largest absolute Gasteiger partial charge is 0.475 e. The minimum absolute atomic E-state index is 0.00645. The summed E-state index contributed by atoms with van der Waals surface area (Å²) in [6.45, 7) is 5.37. The van der Waals surface area contributed by atoms with E-state index in [0.717, 1.165) is 25.1 Å². The molecule has 0 bridgehead atoms. The van der Waals surface area contributed by atoms with E-state index < -0.39 is 0 Å². The van der Waals surface area contributed by atoms with Crippen LogP contribution in [0.5, 0.6) is 5.88 Å². The zero-order valence-electron chi connectivity index (χ0n) is 13.4. The molecule has 0 aromatic carbocycles. The average molecular weight is 307 g/mol. The fraction of sp³-hybridized carbons (Fsp3) is 0.625. The second kappa shape index (κ2) is 8.58. The molecule has 1 saturated heterocycles. The first-order valence-corrected chi connectivity index (χ1v) is 7.78. The third-order valence-electron chi connectivity index (χ3n) is 3.72. The van der Waals surface area contributed by atoms with Crippen molar-refractivity contribution in [1.82, 2.24) is 15.2 Å². The van der Waals surface area contributed by atoms with Gasteiger partial charge in [0.1, 0.15) is 6.61 Å².